The van der Waals surface area contributed by atoms with Crippen LogP contribution in [-0.2, 0) is 0 Å². The third-order valence-corrected chi connectivity index (χ3v) is 5.33. The van der Waals surface area contributed by atoms with Crippen LogP contribution in [0.5, 0.6) is 0 Å². The third kappa shape index (κ3) is 2.85. The zero-order valence-corrected chi connectivity index (χ0v) is 15.7. The summed E-state index contributed by atoms with van der Waals surface area (Å²) in [7, 11) is 0. The molecule has 1 fully saturated rings. The van der Waals surface area contributed by atoms with Crippen LogP contribution in [0.25, 0.3) is 22.3 Å². The van der Waals surface area contributed by atoms with Gasteiger partial charge in [-0.15, -0.1) is 5.10 Å². The normalized spacial score (nSPS) is 13.8. The van der Waals surface area contributed by atoms with Crippen LogP contribution < -0.4 is 5.32 Å². The number of H-pyrrole nitrogens is 1. The van der Waals surface area contributed by atoms with E-state index in [9.17, 15) is 4.79 Å². The maximum absolute atomic E-state index is 12.8. The van der Waals surface area contributed by atoms with Gasteiger partial charge in [0.25, 0.3) is 5.91 Å². The molecule has 2 aromatic carbocycles. The number of aryl methyl sites for hydroxylation is 2. The van der Waals surface area contributed by atoms with E-state index >= 15 is 0 Å². The van der Waals surface area contributed by atoms with E-state index in [1.807, 2.05) is 54.1 Å². The van der Waals surface area contributed by atoms with Crippen molar-refractivity contribution >= 4 is 22.5 Å². The lowest BCUT2D eigenvalue weighted by Crippen LogP contribution is -2.12. The Kier molecular flexibility index (Phi) is 3.75. The van der Waals surface area contributed by atoms with Gasteiger partial charge in [0, 0.05) is 33.4 Å². The lowest BCUT2D eigenvalue weighted by molar-refractivity contribution is 0.102. The van der Waals surface area contributed by atoms with Gasteiger partial charge in [-0.2, -0.15) is 0 Å². The molecular formula is C21H20N6O. The number of anilines is 1. The van der Waals surface area contributed by atoms with E-state index in [1.165, 1.54) is 5.56 Å². The molecule has 1 saturated carbocycles. The molecule has 1 amide bonds. The second-order valence-corrected chi connectivity index (χ2v) is 7.35. The summed E-state index contributed by atoms with van der Waals surface area (Å²) in [6, 6.07) is 13.8. The summed E-state index contributed by atoms with van der Waals surface area (Å²) in [5.41, 5.74) is 5.56. The number of nitrogens with one attached hydrogen (secondary N) is 2. The van der Waals surface area contributed by atoms with Crippen LogP contribution in [0, 0.1) is 13.8 Å². The average molecular weight is 372 g/mol. The minimum atomic E-state index is -0.140. The zero-order chi connectivity index (χ0) is 19.3. The predicted octanol–water partition coefficient (Wildman–Crippen LogP) is 4.03. The number of aromatic nitrogens is 5. The second kappa shape index (κ2) is 6.30. The van der Waals surface area contributed by atoms with Crippen molar-refractivity contribution < 1.29 is 4.79 Å². The SMILES string of the molecule is Cc1[nH]c2ccc(C(=O)Nc3cccc(-c4nnnn4C4CC4)c3)cc2c1C. The van der Waals surface area contributed by atoms with Crippen molar-refractivity contribution in [2.75, 3.05) is 5.32 Å². The van der Waals surface area contributed by atoms with Gasteiger partial charge < -0.3 is 10.3 Å². The Labute approximate surface area is 161 Å². The van der Waals surface area contributed by atoms with E-state index in [1.54, 1.807) is 0 Å². The summed E-state index contributed by atoms with van der Waals surface area (Å²) in [6.07, 6.45) is 2.21. The molecule has 0 bridgehead atoms. The fraction of sp³-hybridized carbons (Fsp3) is 0.238. The third-order valence-electron chi connectivity index (χ3n) is 5.33. The number of amides is 1. The highest BCUT2D eigenvalue weighted by Gasteiger charge is 2.28. The number of rotatable bonds is 4. The molecule has 2 aromatic heterocycles. The molecule has 0 aliphatic heterocycles. The van der Waals surface area contributed by atoms with E-state index in [-0.39, 0.29) is 5.91 Å². The van der Waals surface area contributed by atoms with E-state index < -0.39 is 0 Å². The number of tetrazole rings is 1. The first-order chi connectivity index (χ1) is 13.6. The van der Waals surface area contributed by atoms with Crippen molar-refractivity contribution in [3.63, 3.8) is 0 Å². The van der Waals surface area contributed by atoms with E-state index in [0.717, 1.165) is 46.5 Å². The summed E-state index contributed by atoms with van der Waals surface area (Å²) < 4.78 is 1.87. The molecule has 0 radical (unpaired) electrons. The van der Waals surface area contributed by atoms with E-state index in [4.69, 9.17) is 0 Å². The van der Waals surface area contributed by atoms with Gasteiger partial charge in [0.15, 0.2) is 5.82 Å². The molecule has 0 spiro atoms. The monoisotopic (exact) mass is 372 g/mol. The summed E-state index contributed by atoms with van der Waals surface area (Å²) in [5, 5.41) is 16.1. The highest BCUT2D eigenvalue weighted by Crippen LogP contribution is 2.36. The molecule has 1 aliphatic carbocycles. The highest BCUT2D eigenvalue weighted by molar-refractivity contribution is 6.06. The Morgan fingerprint density at radius 2 is 2.04 bits per heavy atom. The zero-order valence-electron chi connectivity index (χ0n) is 15.7. The fourth-order valence-corrected chi connectivity index (χ4v) is 3.49. The quantitative estimate of drug-likeness (QED) is 0.566. The van der Waals surface area contributed by atoms with Crippen molar-refractivity contribution in [1.29, 1.82) is 0 Å². The molecule has 140 valence electrons. The number of aromatic amines is 1. The lowest BCUT2D eigenvalue weighted by atomic mass is 10.1. The molecule has 0 saturated heterocycles. The number of nitrogens with zero attached hydrogens (tertiary/aromatic N) is 4. The Balaban J connectivity index is 1.42. The summed E-state index contributed by atoms with van der Waals surface area (Å²) in [4.78, 5) is 16.1. The van der Waals surface area contributed by atoms with Crippen molar-refractivity contribution in [2.45, 2.75) is 32.7 Å². The largest absolute Gasteiger partial charge is 0.358 e. The van der Waals surface area contributed by atoms with Crippen LogP contribution >= 0.6 is 0 Å². The molecule has 28 heavy (non-hydrogen) atoms. The van der Waals surface area contributed by atoms with Crippen molar-refractivity contribution in [3.8, 4) is 11.4 Å². The Morgan fingerprint density at radius 3 is 2.86 bits per heavy atom. The first-order valence-electron chi connectivity index (χ1n) is 9.39. The molecule has 7 heteroatoms. The van der Waals surface area contributed by atoms with Gasteiger partial charge in [-0.3, -0.25) is 4.79 Å². The minimum absolute atomic E-state index is 0.140. The molecule has 0 atom stereocenters. The molecule has 7 nitrogen and oxygen atoms in total. The number of carbonyl (C=O) groups is 1. The molecular weight excluding hydrogens is 352 g/mol. The number of benzene rings is 2. The van der Waals surface area contributed by atoms with Crippen LogP contribution in [0.15, 0.2) is 42.5 Å². The standard InChI is InChI=1S/C21H20N6O/c1-12-13(2)22-19-9-6-15(11-18(12)19)21(28)23-16-5-3-4-14(10-16)20-24-25-26-27(20)17-7-8-17/h3-6,9-11,17,22H,7-8H2,1-2H3,(H,23,28). The first-order valence-corrected chi connectivity index (χ1v) is 9.39. The molecule has 0 unspecified atom stereocenters. The van der Waals surface area contributed by atoms with Crippen molar-refractivity contribution in [1.82, 2.24) is 25.2 Å². The summed E-state index contributed by atoms with van der Waals surface area (Å²) in [5.74, 6) is 0.595. The van der Waals surface area contributed by atoms with Gasteiger partial charge in [0.1, 0.15) is 0 Å². The van der Waals surface area contributed by atoms with Crippen LogP contribution in [0.2, 0.25) is 0 Å². The van der Waals surface area contributed by atoms with Gasteiger partial charge in [0.05, 0.1) is 6.04 Å². The molecule has 4 aromatic rings. The maximum Gasteiger partial charge on any atom is 0.255 e. The lowest BCUT2D eigenvalue weighted by Gasteiger charge is -2.08. The average Bonchev–Trinajstić information content (AvgIpc) is 3.36. The summed E-state index contributed by atoms with van der Waals surface area (Å²) >= 11 is 0. The van der Waals surface area contributed by atoms with Gasteiger partial charge in [-0.05, 0) is 73.0 Å². The van der Waals surface area contributed by atoms with Crippen LogP contribution in [0.4, 0.5) is 5.69 Å². The Bertz CT molecular complexity index is 1200. The van der Waals surface area contributed by atoms with E-state index in [0.29, 0.717) is 11.6 Å². The van der Waals surface area contributed by atoms with E-state index in [2.05, 4.69) is 32.7 Å². The number of hydrogen-bond donors (Lipinski definition) is 2. The molecule has 2 N–H and O–H groups in total. The molecule has 1 aliphatic rings. The van der Waals surface area contributed by atoms with Gasteiger partial charge in [0.2, 0.25) is 0 Å². The van der Waals surface area contributed by atoms with Crippen LogP contribution in [0.3, 0.4) is 0 Å². The van der Waals surface area contributed by atoms with Crippen molar-refractivity contribution in [2.24, 2.45) is 0 Å². The Hall–Kier alpha value is -3.48. The van der Waals surface area contributed by atoms with Gasteiger partial charge in [-0.25, -0.2) is 4.68 Å². The fourth-order valence-electron chi connectivity index (χ4n) is 3.49. The smallest absolute Gasteiger partial charge is 0.255 e. The van der Waals surface area contributed by atoms with Gasteiger partial charge in [-0.1, -0.05) is 12.1 Å². The van der Waals surface area contributed by atoms with Crippen LogP contribution in [0.1, 0.15) is 40.5 Å². The topological polar surface area (TPSA) is 88.5 Å². The number of carbonyl (C=O) groups excluding carboxylic acids is 1. The molecule has 2 heterocycles. The number of hydrogen-bond acceptors (Lipinski definition) is 4. The van der Waals surface area contributed by atoms with Crippen molar-refractivity contribution in [3.05, 3.63) is 59.3 Å². The minimum Gasteiger partial charge on any atom is -0.358 e. The first kappa shape index (κ1) is 16.7. The number of fused-ring (bicyclic) bond motifs is 1. The predicted molar refractivity (Wildman–Crippen MR) is 107 cm³/mol. The maximum atomic E-state index is 12.8. The molecule has 5 rings (SSSR count). The summed E-state index contributed by atoms with van der Waals surface area (Å²) in [6.45, 7) is 4.10. The Morgan fingerprint density at radius 1 is 1.18 bits per heavy atom. The second-order valence-electron chi connectivity index (χ2n) is 7.35. The van der Waals surface area contributed by atoms with Gasteiger partial charge >= 0.3 is 0 Å². The highest BCUT2D eigenvalue weighted by atomic mass is 16.1. The van der Waals surface area contributed by atoms with Crippen LogP contribution in [-0.4, -0.2) is 31.1 Å².